The molecule has 1 heterocycles. The number of amides is 2. The van der Waals surface area contributed by atoms with Crippen LogP contribution in [-0.4, -0.2) is 38.1 Å². The van der Waals surface area contributed by atoms with Gasteiger partial charge in [-0.05, 0) is 36.4 Å². The summed E-state index contributed by atoms with van der Waals surface area (Å²) >= 11 is 0. The van der Waals surface area contributed by atoms with E-state index in [1.807, 2.05) is 24.3 Å². The molecule has 0 atom stereocenters. The Kier molecular flexibility index (Phi) is 6.31. The number of nitrogens with two attached hydrogens (primary N) is 1. The van der Waals surface area contributed by atoms with Crippen LogP contribution in [0.2, 0.25) is 0 Å². The number of anilines is 1. The van der Waals surface area contributed by atoms with Crippen molar-refractivity contribution in [2.24, 2.45) is 5.73 Å². The zero-order chi connectivity index (χ0) is 24.2. The number of primary amides is 1. The van der Waals surface area contributed by atoms with Crippen molar-refractivity contribution in [2.45, 2.75) is 0 Å². The van der Waals surface area contributed by atoms with Gasteiger partial charge in [-0.3, -0.25) is 9.59 Å². The summed E-state index contributed by atoms with van der Waals surface area (Å²) in [6.07, 6.45) is 0. The second-order valence-electron chi connectivity index (χ2n) is 7.35. The standard InChI is InChI=1S/C26H23N3O5/c1-32-22-12-15(13-23(33-2)24(22)34-3)21-14-18(16-8-4-6-10-19(16)28-21)26(31)29-20-11-7-5-9-17(20)25(27)30/h4-14H,1-3H3,(H2,27,30)(H,29,31). The number of hydrogen-bond acceptors (Lipinski definition) is 6. The number of para-hydroxylation sites is 2. The third kappa shape index (κ3) is 4.21. The Balaban J connectivity index is 1.86. The van der Waals surface area contributed by atoms with E-state index in [1.54, 1.807) is 42.5 Å². The first-order chi connectivity index (χ1) is 16.5. The first kappa shape index (κ1) is 22.6. The SMILES string of the molecule is COc1cc(-c2cc(C(=O)Nc3ccccc3C(N)=O)c3ccccc3n2)cc(OC)c1OC. The molecule has 0 aliphatic rings. The molecule has 1 aromatic heterocycles. The number of ether oxygens (including phenoxy) is 3. The maximum Gasteiger partial charge on any atom is 0.256 e. The van der Waals surface area contributed by atoms with Crippen LogP contribution in [0.15, 0.2) is 66.7 Å². The minimum absolute atomic E-state index is 0.221. The molecule has 0 saturated carbocycles. The van der Waals surface area contributed by atoms with Crippen molar-refractivity contribution in [1.82, 2.24) is 4.98 Å². The number of nitrogens with one attached hydrogen (secondary N) is 1. The van der Waals surface area contributed by atoms with Gasteiger partial charge in [-0.2, -0.15) is 0 Å². The number of methoxy groups -OCH3 is 3. The summed E-state index contributed by atoms with van der Waals surface area (Å²) < 4.78 is 16.3. The highest BCUT2D eigenvalue weighted by Crippen LogP contribution is 2.41. The molecule has 0 radical (unpaired) electrons. The van der Waals surface area contributed by atoms with E-state index in [9.17, 15) is 9.59 Å². The highest BCUT2D eigenvalue weighted by molar-refractivity contribution is 6.15. The monoisotopic (exact) mass is 457 g/mol. The first-order valence-electron chi connectivity index (χ1n) is 10.4. The van der Waals surface area contributed by atoms with Crippen molar-refractivity contribution in [3.8, 4) is 28.5 Å². The van der Waals surface area contributed by atoms with E-state index in [0.717, 1.165) is 0 Å². The molecule has 8 nitrogen and oxygen atoms in total. The molecule has 4 aromatic rings. The minimum atomic E-state index is -0.631. The van der Waals surface area contributed by atoms with E-state index in [-0.39, 0.29) is 5.56 Å². The topological polar surface area (TPSA) is 113 Å². The average Bonchev–Trinajstić information content (AvgIpc) is 2.87. The Morgan fingerprint density at radius 3 is 2.12 bits per heavy atom. The fourth-order valence-corrected chi connectivity index (χ4v) is 3.74. The van der Waals surface area contributed by atoms with Crippen LogP contribution >= 0.6 is 0 Å². The zero-order valence-corrected chi connectivity index (χ0v) is 18.9. The maximum atomic E-state index is 13.4. The molecular weight excluding hydrogens is 434 g/mol. The number of aromatic nitrogens is 1. The molecule has 0 bridgehead atoms. The van der Waals surface area contributed by atoms with Gasteiger partial charge in [0.15, 0.2) is 11.5 Å². The minimum Gasteiger partial charge on any atom is -0.493 e. The molecule has 0 saturated heterocycles. The Morgan fingerprint density at radius 1 is 0.824 bits per heavy atom. The van der Waals surface area contributed by atoms with Gasteiger partial charge in [-0.25, -0.2) is 4.98 Å². The molecule has 0 spiro atoms. The highest BCUT2D eigenvalue weighted by Gasteiger charge is 2.19. The number of nitrogens with zero attached hydrogens (tertiary/aromatic N) is 1. The van der Waals surface area contributed by atoms with Crippen molar-refractivity contribution in [3.05, 3.63) is 77.9 Å². The number of pyridine rings is 1. The van der Waals surface area contributed by atoms with E-state index in [1.165, 1.54) is 21.3 Å². The largest absolute Gasteiger partial charge is 0.493 e. The van der Waals surface area contributed by atoms with Gasteiger partial charge in [0.25, 0.3) is 11.8 Å². The molecule has 0 aliphatic carbocycles. The number of fused-ring (bicyclic) bond motifs is 1. The predicted molar refractivity (Wildman–Crippen MR) is 130 cm³/mol. The molecule has 0 fully saturated rings. The summed E-state index contributed by atoms with van der Waals surface area (Å²) in [6, 6.07) is 19.1. The van der Waals surface area contributed by atoms with Crippen LogP contribution in [0.5, 0.6) is 17.2 Å². The molecular formula is C26H23N3O5. The Hall–Kier alpha value is -4.59. The van der Waals surface area contributed by atoms with Crippen molar-refractivity contribution in [3.63, 3.8) is 0 Å². The molecule has 4 rings (SSSR count). The van der Waals surface area contributed by atoms with Crippen LogP contribution in [0.3, 0.4) is 0 Å². The lowest BCUT2D eigenvalue weighted by Crippen LogP contribution is -2.18. The smallest absolute Gasteiger partial charge is 0.256 e. The van der Waals surface area contributed by atoms with Crippen LogP contribution < -0.4 is 25.3 Å². The van der Waals surface area contributed by atoms with Crippen LogP contribution in [0.25, 0.3) is 22.2 Å². The van der Waals surface area contributed by atoms with Gasteiger partial charge in [-0.15, -0.1) is 0 Å². The maximum absolute atomic E-state index is 13.4. The Bertz CT molecular complexity index is 1380. The van der Waals surface area contributed by atoms with E-state index >= 15 is 0 Å². The molecule has 3 N–H and O–H groups in total. The fourth-order valence-electron chi connectivity index (χ4n) is 3.74. The van der Waals surface area contributed by atoms with Gasteiger partial charge in [0.05, 0.1) is 49.4 Å². The molecule has 0 aliphatic heterocycles. The van der Waals surface area contributed by atoms with Gasteiger partial charge < -0.3 is 25.3 Å². The number of benzene rings is 3. The summed E-state index contributed by atoms with van der Waals surface area (Å²) in [7, 11) is 4.59. The van der Waals surface area contributed by atoms with E-state index < -0.39 is 11.8 Å². The van der Waals surface area contributed by atoms with Crippen molar-refractivity contribution < 1.29 is 23.8 Å². The highest BCUT2D eigenvalue weighted by atomic mass is 16.5. The van der Waals surface area contributed by atoms with Crippen molar-refractivity contribution >= 4 is 28.4 Å². The van der Waals surface area contributed by atoms with Crippen LogP contribution in [0.1, 0.15) is 20.7 Å². The Labute approximate surface area is 196 Å². The summed E-state index contributed by atoms with van der Waals surface area (Å²) in [6.45, 7) is 0. The Morgan fingerprint density at radius 2 is 1.47 bits per heavy atom. The van der Waals surface area contributed by atoms with Crippen molar-refractivity contribution in [1.29, 1.82) is 0 Å². The van der Waals surface area contributed by atoms with Gasteiger partial charge in [0.2, 0.25) is 5.75 Å². The van der Waals surface area contributed by atoms with Crippen LogP contribution in [0, 0.1) is 0 Å². The van der Waals surface area contributed by atoms with Crippen LogP contribution in [-0.2, 0) is 0 Å². The number of carbonyl (C=O) groups excluding carboxylic acids is 2. The molecule has 3 aromatic carbocycles. The second kappa shape index (κ2) is 9.50. The normalized spacial score (nSPS) is 10.6. The lowest BCUT2D eigenvalue weighted by atomic mass is 10.0. The molecule has 34 heavy (non-hydrogen) atoms. The third-order valence-electron chi connectivity index (χ3n) is 5.36. The lowest BCUT2D eigenvalue weighted by Gasteiger charge is -2.15. The molecule has 0 unspecified atom stereocenters. The number of rotatable bonds is 7. The van der Waals surface area contributed by atoms with Gasteiger partial charge in [0, 0.05) is 10.9 Å². The molecule has 172 valence electrons. The summed E-state index contributed by atoms with van der Waals surface area (Å²) in [5, 5.41) is 3.47. The van der Waals surface area contributed by atoms with E-state index in [0.29, 0.717) is 50.7 Å². The van der Waals surface area contributed by atoms with Crippen LogP contribution in [0.4, 0.5) is 5.69 Å². The summed E-state index contributed by atoms with van der Waals surface area (Å²) in [5.41, 5.74) is 8.23. The van der Waals surface area contributed by atoms with Gasteiger partial charge in [-0.1, -0.05) is 30.3 Å². The first-order valence-corrected chi connectivity index (χ1v) is 10.4. The van der Waals surface area contributed by atoms with Gasteiger partial charge in [0.1, 0.15) is 0 Å². The van der Waals surface area contributed by atoms with Crippen molar-refractivity contribution in [2.75, 3.05) is 26.6 Å². The zero-order valence-electron chi connectivity index (χ0n) is 18.9. The fraction of sp³-hybridized carbons (Fsp3) is 0.115. The third-order valence-corrected chi connectivity index (χ3v) is 5.36. The quantitative estimate of drug-likeness (QED) is 0.428. The molecule has 8 heteroatoms. The average molecular weight is 457 g/mol. The van der Waals surface area contributed by atoms with E-state index in [4.69, 9.17) is 24.9 Å². The predicted octanol–water partition coefficient (Wildman–Crippen LogP) is 4.28. The second-order valence-corrected chi connectivity index (χ2v) is 7.35. The van der Waals surface area contributed by atoms with Gasteiger partial charge >= 0.3 is 0 Å². The number of carbonyl (C=O) groups is 2. The molecule has 2 amide bonds. The van der Waals surface area contributed by atoms with E-state index in [2.05, 4.69) is 5.32 Å². The summed E-state index contributed by atoms with van der Waals surface area (Å²) in [5.74, 6) is 0.353. The summed E-state index contributed by atoms with van der Waals surface area (Å²) in [4.78, 5) is 29.9. The number of hydrogen-bond donors (Lipinski definition) is 2. The lowest BCUT2D eigenvalue weighted by molar-refractivity contribution is 0.100.